The minimum atomic E-state index is -0.441. The number of carbonyl (C=O) groups excluding carboxylic acids is 1. The molecule has 1 aromatic heterocycles. The number of thioether (sulfide) groups is 1. The molecular formula is C25H22N4O3S. The first-order chi connectivity index (χ1) is 16.1. The van der Waals surface area contributed by atoms with Crippen LogP contribution in [0.2, 0.25) is 0 Å². The van der Waals surface area contributed by atoms with Gasteiger partial charge >= 0.3 is 0 Å². The Bertz CT molecular complexity index is 1230. The maximum atomic E-state index is 12.4. The third kappa shape index (κ3) is 6.08. The number of amides is 1. The van der Waals surface area contributed by atoms with E-state index < -0.39 is 4.92 Å². The van der Waals surface area contributed by atoms with E-state index in [1.807, 2.05) is 59.4 Å². The zero-order valence-electron chi connectivity index (χ0n) is 17.8. The lowest BCUT2D eigenvalue weighted by atomic mass is 10.1. The summed E-state index contributed by atoms with van der Waals surface area (Å²) in [5, 5.41) is 18.5. The number of non-ortho nitro benzene ring substituents is 1. The molecule has 166 valence electrons. The van der Waals surface area contributed by atoms with Crippen molar-refractivity contribution in [1.29, 1.82) is 0 Å². The van der Waals surface area contributed by atoms with E-state index in [1.165, 1.54) is 23.9 Å². The minimum absolute atomic E-state index is 0.0322. The summed E-state index contributed by atoms with van der Waals surface area (Å²) < 4.78 is 1.89. The molecule has 7 nitrogen and oxygen atoms in total. The summed E-state index contributed by atoms with van der Waals surface area (Å²) in [5.41, 5.74) is 3.95. The van der Waals surface area contributed by atoms with Crippen molar-refractivity contribution in [3.8, 4) is 11.3 Å². The third-order valence-electron chi connectivity index (χ3n) is 4.97. The Hall–Kier alpha value is -3.91. The summed E-state index contributed by atoms with van der Waals surface area (Å²) in [6.45, 7) is 1.00. The maximum absolute atomic E-state index is 12.4. The lowest BCUT2D eigenvalue weighted by Gasteiger charge is -2.06. The van der Waals surface area contributed by atoms with E-state index in [0.29, 0.717) is 13.1 Å². The van der Waals surface area contributed by atoms with Gasteiger partial charge in [0.05, 0.1) is 22.9 Å². The summed E-state index contributed by atoms with van der Waals surface area (Å²) in [4.78, 5) is 23.6. The largest absolute Gasteiger partial charge is 0.351 e. The van der Waals surface area contributed by atoms with E-state index in [9.17, 15) is 14.9 Å². The van der Waals surface area contributed by atoms with E-state index >= 15 is 0 Å². The van der Waals surface area contributed by atoms with Crippen molar-refractivity contribution in [2.75, 3.05) is 5.75 Å². The number of benzene rings is 3. The molecule has 4 aromatic rings. The predicted octanol–water partition coefficient (Wildman–Crippen LogP) is 4.92. The van der Waals surface area contributed by atoms with Crippen LogP contribution in [0.3, 0.4) is 0 Å². The molecule has 0 saturated carbocycles. The van der Waals surface area contributed by atoms with Gasteiger partial charge in [0.2, 0.25) is 5.91 Å². The minimum Gasteiger partial charge on any atom is -0.351 e. The quantitative estimate of drug-likeness (QED) is 0.219. The molecule has 0 radical (unpaired) electrons. The Morgan fingerprint density at radius 1 is 0.970 bits per heavy atom. The average molecular weight is 459 g/mol. The fourth-order valence-electron chi connectivity index (χ4n) is 3.34. The highest BCUT2D eigenvalue weighted by atomic mass is 32.2. The Morgan fingerprint density at radius 2 is 1.64 bits per heavy atom. The molecule has 0 fully saturated rings. The zero-order chi connectivity index (χ0) is 23.0. The van der Waals surface area contributed by atoms with Crippen molar-refractivity contribution in [1.82, 2.24) is 15.1 Å². The van der Waals surface area contributed by atoms with E-state index in [0.717, 1.165) is 27.3 Å². The molecule has 1 N–H and O–H groups in total. The van der Waals surface area contributed by atoms with Gasteiger partial charge in [-0.3, -0.25) is 19.6 Å². The fraction of sp³-hybridized carbons (Fsp3) is 0.120. The molecule has 8 heteroatoms. The van der Waals surface area contributed by atoms with Crippen molar-refractivity contribution in [2.45, 2.75) is 18.0 Å². The van der Waals surface area contributed by atoms with Gasteiger partial charge in [-0.15, -0.1) is 11.8 Å². The van der Waals surface area contributed by atoms with Crippen LogP contribution in [-0.4, -0.2) is 26.4 Å². The molecule has 0 spiro atoms. The van der Waals surface area contributed by atoms with Crippen LogP contribution in [0.4, 0.5) is 5.69 Å². The van der Waals surface area contributed by atoms with Gasteiger partial charge in [-0.1, -0.05) is 60.7 Å². The van der Waals surface area contributed by atoms with Crippen molar-refractivity contribution in [3.05, 3.63) is 112 Å². The number of hydrogen-bond acceptors (Lipinski definition) is 5. The van der Waals surface area contributed by atoms with Gasteiger partial charge < -0.3 is 5.32 Å². The molecule has 4 rings (SSSR count). The van der Waals surface area contributed by atoms with Crippen molar-refractivity contribution in [3.63, 3.8) is 0 Å². The highest BCUT2D eigenvalue weighted by Crippen LogP contribution is 2.23. The predicted molar refractivity (Wildman–Crippen MR) is 129 cm³/mol. The average Bonchev–Trinajstić information content (AvgIpc) is 3.25. The van der Waals surface area contributed by atoms with Gasteiger partial charge in [-0.05, 0) is 17.7 Å². The monoisotopic (exact) mass is 458 g/mol. The topological polar surface area (TPSA) is 90.1 Å². The van der Waals surface area contributed by atoms with Crippen LogP contribution in [0.5, 0.6) is 0 Å². The number of nitrogens with one attached hydrogen (secondary N) is 1. The maximum Gasteiger partial charge on any atom is 0.269 e. The summed E-state index contributed by atoms with van der Waals surface area (Å²) in [5.74, 6) is 0.101. The second-order valence-corrected chi connectivity index (χ2v) is 8.42. The number of nitro benzene ring substituents is 1. The normalized spacial score (nSPS) is 10.7. The first kappa shape index (κ1) is 22.3. The summed E-state index contributed by atoms with van der Waals surface area (Å²) in [6.07, 6.45) is 1.97. The zero-order valence-corrected chi connectivity index (χ0v) is 18.6. The Kier molecular flexibility index (Phi) is 7.16. The second-order valence-electron chi connectivity index (χ2n) is 7.37. The molecule has 0 unspecified atom stereocenters. The third-order valence-corrected chi connectivity index (χ3v) is 5.98. The highest BCUT2D eigenvalue weighted by molar-refractivity contribution is 8.00. The van der Waals surface area contributed by atoms with Crippen LogP contribution in [0.25, 0.3) is 11.3 Å². The fourth-order valence-corrected chi connectivity index (χ4v) is 4.07. The summed E-state index contributed by atoms with van der Waals surface area (Å²) in [7, 11) is 0. The van der Waals surface area contributed by atoms with Crippen LogP contribution >= 0.6 is 11.8 Å². The molecule has 0 bridgehead atoms. The van der Waals surface area contributed by atoms with E-state index in [1.54, 1.807) is 12.1 Å². The number of aromatic nitrogens is 2. The molecule has 0 atom stereocenters. The smallest absolute Gasteiger partial charge is 0.269 e. The van der Waals surface area contributed by atoms with Crippen molar-refractivity contribution < 1.29 is 9.72 Å². The lowest BCUT2D eigenvalue weighted by Crippen LogP contribution is -2.24. The number of carbonyl (C=O) groups is 1. The van der Waals surface area contributed by atoms with E-state index in [2.05, 4.69) is 17.4 Å². The van der Waals surface area contributed by atoms with Crippen LogP contribution in [-0.2, 0) is 17.9 Å². The van der Waals surface area contributed by atoms with Gasteiger partial charge in [0.15, 0.2) is 0 Å². The van der Waals surface area contributed by atoms with Crippen molar-refractivity contribution in [2.24, 2.45) is 0 Å². The molecule has 0 saturated heterocycles. The lowest BCUT2D eigenvalue weighted by molar-refractivity contribution is -0.384. The second kappa shape index (κ2) is 10.6. The Morgan fingerprint density at radius 3 is 2.30 bits per heavy atom. The Labute approximate surface area is 195 Å². The summed E-state index contributed by atoms with van der Waals surface area (Å²) >= 11 is 1.34. The van der Waals surface area contributed by atoms with Gasteiger partial charge in [0.1, 0.15) is 0 Å². The van der Waals surface area contributed by atoms with Gasteiger partial charge in [0.25, 0.3) is 5.69 Å². The molecule has 0 aliphatic heterocycles. The van der Waals surface area contributed by atoms with Gasteiger partial charge in [0, 0.05) is 40.9 Å². The van der Waals surface area contributed by atoms with E-state index in [-0.39, 0.29) is 17.3 Å². The molecule has 1 heterocycles. The first-order valence-electron chi connectivity index (χ1n) is 10.4. The SMILES string of the molecule is O=C(CSc1ccc([N+](=O)[O-])cc1)NCc1cn(Cc2ccccc2)nc1-c1ccccc1. The number of rotatable bonds is 9. The van der Waals surface area contributed by atoms with E-state index in [4.69, 9.17) is 5.10 Å². The molecule has 33 heavy (non-hydrogen) atoms. The van der Waals surface area contributed by atoms with Crippen LogP contribution in [0.1, 0.15) is 11.1 Å². The number of nitrogens with zero attached hydrogens (tertiary/aromatic N) is 3. The first-order valence-corrected chi connectivity index (χ1v) is 11.4. The molecule has 3 aromatic carbocycles. The standard InChI is InChI=1S/C25H22N4O3S/c30-24(18-33-23-13-11-22(12-14-23)29(31)32)26-15-21-17-28(16-19-7-3-1-4-8-19)27-25(21)20-9-5-2-6-10-20/h1-14,17H,15-16,18H2,(H,26,30). The number of hydrogen-bond donors (Lipinski definition) is 1. The highest BCUT2D eigenvalue weighted by Gasteiger charge is 2.13. The Balaban J connectivity index is 1.41. The molecule has 1 amide bonds. The molecule has 0 aliphatic rings. The van der Waals surface area contributed by atoms with Crippen molar-refractivity contribution >= 4 is 23.4 Å². The van der Waals surface area contributed by atoms with Crippen LogP contribution in [0.15, 0.2) is 96.0 Å². The van der Waals surface area contributed by atoms with Gasteiger partial charge in [-0.2, -0.15) is 5.10 Å². The molecule has 0 aliphatic carbocycles. The van der Waals surface area contributed by atoms with Gasteiger partial charge in [-0.25, -0.2) is 0 Å². The van der Waals surface area contributed by atoms with Crippen LogP contribution in [0, 0.1) is 10.1 Å². The molecular weight excluding hydrogens is 436 g/mol. The number of nitro groups is 1. The van der Waals surface area contributed by atoms with Crippen LogP contribution < -0.4 is 5.32 Å². The summed E-state index contributed by atoms with van der Waals surface area (Å²) in [6, 6.07) is 26.2.